The minimum atomic E-state index is 0.743. The molecule has 0 aliphatic carbocycles. The van der Waals surface area contributed by atoms with Crippen LogP contribution in [0.25, 0.3) is 0 Å². The Balaban J connectivity index is 3.48. The fourth-order valence-electron chi connectivity index (χ4n) is 1.12. The van der Waals surface area contributed by atoms with E-state index < -0.39 is 0 Å². The molecule has 0 unspecified atom stereocenters. The van der Waals surface area contributed by atoms with E-state index in [1.807, 2.05) is 18.8 Å². The predicted molar refractivity (Wildman–Crippen MR) is 71.8 cm³/mol. The molecule has 0 aliphatic heterocycles. The van der Waals surface area contributed by atoms with Gasteiger partial charge in [0, 0.05) is 20.1 Å². The molecule has 90 valence electrons. The summed E-state index contributed by atoms with van der Waals surface area (Å²) in [6.45, 7) is 6.47. The standard InChI is InChI=1S/C11H25N3S/c1-10(2)6-8-14-11(12-3)13-7-5-9-15-4/h10H,5-9H2,1-4H3,(H2,12,13,14). The molecule has 0 aromatic heterocycles. The summed E-state index contributed by atoms with van der Waals surface area (Å²) in [6, 6.07) is 0. The highest BCUT2D eigenvalue weighted by molar-refractivity contribution is 7.98. The van der Waals surface area contributed by atoms with E-state index in [2.05, 4.69) is 35.7 Å². The second kappa shape index (κ2) is 10.1. The first-order valence-electron chi connectivity index (χ1n) is 5.64. The number of nitrogens with zero attached hydrogens (tertiary/aromatic N) is 1. The lowest BCUT2D eigenvalue weighted by molar-refractivity contribution is 0.573. The molecule has 0 radical (unpaired) electrons. The molecule has 3 nitrogen and oxygen atoms in total. The van der Waals surface area contributed by atoms with E-state index in [1.54, 1.807) is 0 Å². The van der Waals surface area contributed by atoms with Crippen molar-refractivity contribution in [2.45, 2.75) is 26.7 Å². The van der Waals surface area contributed by atoms with Gasteiger partial charge in [-0.3, -0.25) is 4.99 Å². The van der Waals surface area contributed by atoms with Crippen LogP contribution in [0, 0.1) is 5.92 Å². The maximum Gasteiger partial charge on any atom is 0.190 e. The number of thioether (sulfide) groups is 1. The second-order valence-electron chi connectivity index (χ2n) is 3.95. The van der Waals surface area contributed by atoms with Crippen molar-refractivity contribution in [2.75, 3.05) is 32.1 Å². The quantitative estimate of drug-likeness (QED) is 0.399. The lowest BCUT2D eigenvalue weighted by Gasteiger charge is -2.12. The van der Waals surface area contributed by atoms with Crippen molar-refractivity contribution in [3.8, 4) is 0 Å². The Morgan fingerprint density at radius 3 is 2.47 bits per heavy atom. The smallest absolute Gasteiger partial charge is 0.190 e. The van der Waals surface area contributed by atoms with Gasteiger partial charge in [-0.1, -0.05) is 13.8 Å². The van der Waals surface area contributed by atoms with Crippen molar-refractivity contribution in [2.24, 2.45) is 10.9 Å². The zero-order valence-electron chi connectivity index (χ0n) is 10.5. The third-order valence-corrected chi connectivity index (χ3v) is 2.75. The zero-order chi connectivity index (χ0) is 11.5. The molecule has 0 spiro atoms. The SMILES string of the molecule is CN=C(NCCCSC)NCCC(C)C. The Labute approximate surface area is 98.5 Å². The van der Waals surface area contributed by atoms with Crippen LogP contribution in [0.15, 0.2) is 4.99 Å². The Hall–Kier alpha value is -0.380. The first-order valence-corrected chi connectivity index (χ1v) is 7.03. The van der Waals surface area contributed by atoms with Gasteiger partial charge in [-0.05, 0) is 30.8 Å². The minimum absolute atomic E-state index is 0.743. The van der Waals surface area contributed by atoms with Crippen LogP contribution in [-0.2, 0) is 0 Å². The summed E-state index contributed by atoms with van der Waals surface area (Å²) >= 11 is 1.88. The van der Waals surface area contributed by atoms with Crippen LogP contribution in [0.3, 0.4) is 0 Å². The fraction of sp³-hybridized carbons (Fsp3) is 0.909. The van der Waals surface area contributed by atoms with Crippen molar-refractivity contribution in [1.82, 2.24) is 10.6 Å². The van der Waals surface area contributed by atoms with Gasteiger partial charge in [-0.15, -0.1) is 0 Å². The molecular formula is C11H25N3S. The van der Waals surface area contributed by atoms with Crippen molar-refractivity contribution >= 4 is 17.7 Å². The Bertz CT molecular complexity index is 169. The van der Waals surface area contributed by atoms with Crippen molar-refractivity contribution in [3.05, 3.63) is 0 Å². The van der Waals surface area contributed by atoms with Crippen molar-refractivity contribution in [3.63, 3.8) is 0 Å². The highest BCUT2D eigenvalue weighted by Crippen LogP contribution is 1.96. The number of aliphatic imine (C=N–C) groups is 1. The lowest BCUT2D eigenvalue weighted by Crippen LogP contribution is -2.38. The third-order valence-electron chi connectivity index (χ3n) is 2.06. The summed E-state index contributed by atoms with van der Waals surface area (Å²) in [6.07, 6.45) is 4.51. The number of guanidine groups is 1. The second-order valence-corrected chi connectivity index (χ2v) is 4.94. The summed E-state index contributed by atoms with van der Waals surface area (Å²) in [5.74, 6) is 2.87. The molecule has 0 amide bonds. The van der Waals surface area contributed by atoms with Gasteiger partial charge in [-0.25, -0.2) is 0 Å². The van der Waals surface area contributed by atoms with E-state index in [0.717, 1.165) is 25.0 Å². The molecule has 2 N–H and O–H groups in total. The molecule has 0 bridgehead atoms. The van der Waals surface area contributed by atoms with Gasteiger partial charge >= 0.3 is 0 Å². The van der Waals surface area contributed by atoms with Crippen LogP contribution < -0.4 is 10.6 Å². The van der Waals surface area contributed by atoms with Crippen LogP contribution >= 0.6 is 11.8 Å². The zero-order valence-corrected chi connectivity index (χ0v) is 11.3. The monoisotopic (exact) mass is 231 g/mol. The Morgan fingerprint density at radius 1 is 1.27 bits per heavy atom. The van der Waals surface area contributed by atoms with E-state index in [0.29, 0.717) is 0 Å². The lowest BCUT2D eigenvalue weighted by atomic mass is 10.1. The fourth-order valence-corrected chi connectivity index (χ4v) is 1.56. The molecule has 0 heterocycles. The average molecular weight is 231 g/mol. The van der Waals surface area contributed by atoms with Crippen LogP contribution in [0.4, 0.5) is 0 Å². The van der Waals surface area contributed by atoms with Gasteiger partial charge in [0.15, 0.2) is 5.96 Å². The molecular weight excluding hydrogens is 206 g/mol. The molecule has 0 saturated heterocycles. The summed E-state index contributed by atoms with van der Waals surface area (Å²) in [5, 5.41) is 6.61. The van der Waals surface area contributed by atoms with Crippen LogP contribution in [0.2, 0.25) is 0 Å². The van der Waals surface area contributed by atoms with E-state index in [-0.39, 0.29) is 0 Å². The molecule has 0 saturated carbocycles. The number of hydrogen-bond acceptors (Lipinski definition) is 2. The van der Waals surface area contributed by atoms with Crippen LogP contribution in [-0.4, -0.2) is 38.1 Å². The maximum absolute atomic E-state index is 4.17. The molecule has 0 aliphatic rings. The highest BCUT2D eigenvalue weighted by Gasteiger charge is 1.97. The third kappa shape index (κ3) is 9.91. The molecule has 0 aromatic rings. The van der Waals surface area contributed by atoms with Crippen molar-refractivity contribution in [1.29, 1.82) is 0 Å². The summed E-state index contributed by atoms with van der Waals surface area (Å²) in [4.78, 5) is 4.17. The Morgan fingerprint density at radius 2 is 1.93 bits per heavy atom. The number of rotatable bonds is 7. The first-order chi connectivity index (χ1) is 7.20. The molecule has 15 heavy (non-hydrogen) atoms. The van der Waals surface area contributed by atoms with Crippen LogP contribution in [0.1, 0.15) is 26.7 Å². The van der Waals surface area contributed by atoms with Gasteiger partial charge in [0.1, 0.15) is 0 Å². The van der Waals surface area contributed by atoms with Gasteiger partial charge in [-0.2, -0.15) is 11.8 Å². The van der Waals surface area contributed by atoms with Gasteiger partial charge < -0.3 is 10.6 Å². The van der Waals surface area contributed by atoms with E-state index in [4.69, 9.17) is 0 Å². The average Bonchev–Trinajstić information content (AvgIpc) is 2.21. The van der Waals surface area contributed by atoms with Crippen molar-refractivity contribution < 1.29 is 0 Å². The summed E-state index contributed by atoms with van der Waals surface area (Å²) in [5.41, 5.74) is 0. The van der Waals surface area contributed by atoms with E-state index >= 15 is 0 Å². The van der Waals surface area contributed by atoms with Crippen LogP contribution in [0.5, 0.6) is 0 Å². The number of hydrogen-bond donors (Lipinski definition) is 2. The maximum atomic E-state index is 4.17. The summed E-state index contributed by atoms with van der Waals surface area (Å²) in [7, 11) is 1.82. The normalized spacial score (nSPS) is 11.9. The first kappa shape index (κ1) is 14.6. The molecule has 0 fully saturated rings. The van der Waals surface area contributed by atoms with Gasteiger partial charge in [0.25, 0.3) is 0 Å². The molecule has 4 heteroatoms. The predicted octanol–water partition coefficient (Wildman–Crippen LogP) is 1.95. The molecule has 0 aromatic carbocycles. The topological polar surface area (TPSA) is 36.4 Å². The molecule has 0 atom stereocenters. The van der Waals surface area contributed by atoms with Gasteiger partial charge in [0.2, 0.25) is 0 Å². The van der Waals surface area contributed by atoms with E-state index in [9.17, 15) is 0 Å². The largest absolute Gasteiger partial charge is 0.356 e. The summed E-state index contributed by atoms with van der Waals surface area (Å²) < 4.78 is 0. The van der Waals surface area contributed by atoms with Gasteiger partial charge in [0.05, 0.1) is 0 Å². The molecule has 0 rings (SSSR count). The Kier molecular flexibility index (Phi) is 9.89. The highest BCUT2D eigenvalue weighted by atomic mass is 32.2. The van der Waals surface area contributed by atoms with E-state index in [1.165, 1.54) is 18.6 Å². The number of nitrogens with one attached hydrogen (secondary N) is 2. The minimum Gasteiger partial charge on any atom is -0.356 e.